The minimum Gasteiger partial charge on any atom is -0.382 e. The third-order valence-corrected chi connectivity index (χ3v) is 5.38. The zero-order chi connectivity index (χ0) is 21.9. The number of imidazole rings is 1. The zero-order valence-corrected chi connectivity index (χ0v) is 18.8. The van der Waals surface area contributed by atoms with E-state index in [1.165, 1.54) is 6.33 Å². The Morgan fingerprint density at radius 3 is 2.52 bits per heavy atom. The van der Waals surface area contributed by atoms with E-state index in [0.717, 1.165) is 12.8 Å². The average molecular weight is 425 g/mol. The van der Waals surface area contributed by atoms with Crippen molar-refractivity contribution in [3.63, 3.8) is 0 Å². The molecule has 2 aromatic heterocycles. The molecule has 0 unspecified atom stereocenters. The summed E-state index contributed by atoms with van der Waals surface area (Å²) in [4.78, 5) is 12.5. The molecule has 29 heavy (non-hydrogen) atoms. The van der Waals surface area contributed by atoms with Crippen molar-refractivity contribution in [2.75, 3.05) is 25.3 Å². The van der Waals surface area contributed by atoms with E-state index >= 15 is 0 Å². The van der Waals surface area contributed by atoms with Crippen LogP contribution in [0.3, 0.4) is 0 Å². The van der Waals surface area contributed by atoms with Crippen molar-refractivity contribution in [2.45, 2.75) is 59.5 Å². The maximum absolute atomic E-state index is 6.15. The summed E-state index contributed by atoms with van der Waals surface area (Å²) in [5, 5.41) is 0. The number of hydrogen-bond donors (Lipinski definition) is 1. The Balaban J connectivity index is 0.000000989. The first-order valence-electron chi connectivity index (χ1n) is 9.67. The fraction of sp³-hybridized carbons (Fsp3) is 0.632. The van der Waals surface area contributed by atoms with E-state index in [9.17, 15) is 0 Å². The van der Waals surface area contributed by atoms with Gasteiger partial charge in [-0.1, -0.05) is 13.8 Å². The van der Waals surface area contributed by atoms with E-state index < -0.39 is 14.2 Å². The van der Waals surface area contributed by atoms with Gasteiger partial charge in [-0.2, -0.15) is 0 Å². The van der Waals surface area contributed by atoms with Crippen LogP contribution in [-0.2, 0) is 18.5 Å². The number of nitrogens with two attached hydrogens (primary N) is 1. The molecule has 0 bridgehead atoms. The minimum atomic E-state index is -1.06. The molecule has 9 nitrogen and oxygen atoms in total. The van der Waals surface area contributed by atoms with Gasteiger partial charge in [0.25, 0.3) is 0 Å². The van der Waals surface area contributed by atoms with Gasteiger partial charge in [-0.15, -0.1) is 12.8 Å². The molecule has 3 heterocycles. The highest BCUT2D eigenvalue weighted by Crippen LogP contribution is 2.43. The molecule has 162 valence electrons. The maximum Gasteiger partial charge on any atom is 0.198 e. The fourth-order valence-electron chi connectivity index (χ4n) is 2.76. The number of hydrogen-bond acceptors (Lipinski definition) is 8. The summed E-state index contributed by atoms with van der Waals surface area (Å²) < 4.78 is 25.2. The minimum absolute atomic E-state index is 0.213. The third kappa shape index (κ3) is 6.59. The first kappa shape index (κ1) is 25.2. The number of anilines is 1. The number of terminal acetylenes is 1. The van der Waals surface area contributed by atoms with Crippen LogP contribution < -0.4 is 5.73 Å². The van der Waals surface area contributed by atoms with Gasteiger partial charge in [0.2, 0.25) is 0 Å². The number of nitrogen functional groups attached to an aromatic ring is 1. The molecule has 1 aliphatic rings. The van der Waals surface area contributed by atoms with Crippen LogP contribution >= 0.6 is 8.38 Å². The van der Waals surface area contributed by atoms with Gasteiger partial charge < -0.3 is 24.3 Å². The molecule has 1 saturated heterocycles. The van der Waals surface area contributed by atoms with E-state index in [0.29, 0.717) is 36.5 Å². The molecule has 2 N–H and O–H groups in total. The molecule has 2 aromatic rings. The van der Waals surface area contributed by atoms with E-state index in [2.05, 4.69) is 27.8 Å². The standard InChI is InChI=1S/C15H24N5O4P.C2H6.C2H2/c1-4-22-25(23-5-2)10-21-15(3)7-6-11(24-15)20-9-19-12-13(16)17-8-18-14(12)20;2*1-2/h8-9,11H,4-7,10H2,1-3H3,(H2,16,17,18);1-2H3;1-2H/t11-,15+;;/m1../s1. The summed E-state index contributed by atoms with van der Waals surface area (Å²) in [7, 11) is -1.06. The summed E-state index contributed by atoms with van der Waals surface area (Å²) in [5.41, 5.74) is 7.08. The van der Waals surface area contributed by atoms with Gasteiger partial charge in [0.1, 0.15) is 24.4 Å². The van der Waals surface area contributed by atoms with Crippen LogP contribution in [0.1, 0.15) is 53.7 Å². The monoisotopic (exact) mass is 425 g/mol. The number of rotatable bonds is 8. The molecule has 0 amide bonds. The summed E-state index contributed by atoms with van der Waals surface area (Å²) >= 11 is 0. The molecule has 2 atom stereocenters. The van der Waals surface area contributed by atoms with Gasteiger partial charge in [-0.25, -0.2) is 15.0 Å². The average Bonchev–Trinajstić information content (AvgIpc) is 3.35. The predicted molar refractivity (Wildman–Crippen MR) is 115 cm³/mol. The van der Waals surface area contributed by atoms with Crippen molar-refractivity contribution in [1.82, 2.24) is 19.5 Å². The highest BCUT2D eigenvalue weighted by Gasteiger charge is 2.39. The van der Waals surface area contributed by atoms with Gasteiger partial charge in [-0.05, 0) is 27.2 Å². The number of nitrogens with zero attached hydrogens (tertiary/aromatic N) is 4. The molecule has 3 rings (SSSR count). The summed E-state index contributed by atoms with van der Waals surface area (Å²) in [6.07, 6.45) is 12.8. The first-order chi connectivity index (χ1) is 14.1. The van der Waals surface area contributed by atoms with E-state index in [1.807, 2.05) is 39.2 Å². The van der Waals surface area contributed by atoms with Gasteiger partial charge >= 0.3 is 0 Å². The topological polar surface area (TPSA) is 107 Å². The maximum atomic E-state index is 6.15. The number of aromatic nitrogens is 4. The Labute approximate surface area is 174 Å². The normalized spacial score (nSPS) is 20.8. The molecule has 1 aliphatic heterocycles. The lowest BCUT2D eigenvalue weighted by Crippen LogP contribution is -2.28. The second-order valence-electron chi connectivity index (χ2n) is 5.77. The van der Waals surface area contributed by atoms with Crippen LogP contribution in [0.2, 0.25) is 0 Å². The first-order valence-corrected chi connectivity index (χ1v) is 11.0. The molecule has 0 aromatic carbocycles. The summed E-state index contributed by atoms with van der Waals surface area (Å²) in [6.45, 7) is 11.0. The van der Waals surface area contributed by atoms with E-state index in [4.69, 9.17) is 24.3 Å². The predicted octanol–water partition coefficient (Wildman–Crippen LogP) is 4.07. The van der Waals surface area contributed by atoms with Crippen molar-refractivity contribution < 1.29 is 18.5 Å². The van der Waals surface area contributed by atoms with Crippen LogP contribution in [0.25, 0.3) is 11.2 Å². The Kier molecular flexibility index (Phi) is 11.0. The van der Waals surface area contributed by atoms with Gasteiger partial charge in [-0.3, -0.25) is 4.57 Å². The largest absolute Gasteiger partial charge is 0.382 e. The van der Waals surface area contributed by atoms with Crippen molar-refractivity contribution in [3.8, 4) is 12.8 Å². The number of fused-ring (bicyclic) bond motifs is 1. The smallest absolute Gasteiger partial charge is 0.198 e. The lowest BCUT2D eigenvalue weighted by molar-refractivity contribution is -0.218. The van der Waals surface area contributed by atoms with Crippen LogP contribution in [-0.4, -0.2) is 44.9 Å². The molecule has 10 heteroatoms. The Morgan fingerprint density at radius 1 is 1.24 bits per heavy atom. The number of ether oxygens (including phenoxy) is 2. The van der Waals surface area contributed by atoms with Crippen LogP contribution in [0.5, 0.6) is 0 Å². The second-order valence-corrected chi connectivity index (χ2v) is 7.21. The van der Waals surface area contributed by atoms with E-state index in [1.54, 1.807) is 6.33 Å². The third-order valence-electron chi connectivity index (χ3n) is 3.95. The molecule has 1 fully saturated rings. The molecule has 0 radical (unpaired) electrons. The second kappa shape index (κ2) is 12.7. The molecule has 0 saturated carbocycles. The summed E-state index contributed by atoms with van der Waals surface area (Å²) in [5.74, 6) is -0.339. The molecular formula is C19H32N5O4P. The van der Waals surface area contributed by atoms with Crippen molar-refractivity contribution in [1.29, 1.82) is 0 Å². The highest BCUT2D eigenvalue weighted by molar-refractivity contribution is 7.47. The van der Waals surface area contributed by atoms with Crippen molar-refractivity contribution in [2.24, 2.45) is 0 Å². The molecule has 0 aliphatic carbocycles. The lowest BCUT2D eigenvalue weighted by atomic mass is 10.2. The highest BCUT2D eigenvalue weighted by atomic mass is 31.2. The van der Waals surface area contributed by atoms with Crippen LogP contribution in [0, 0.1) is 12.8 Å². The Hall–Kier alpha value is -1.82. The van der Waals surface area contributed by atoms with Gasteiger partial charge in [0.15, 0.2) is 25.6 Å². The van der Waals surface area contributed by atoms with Crippen molar-refractivity contribution >= 4 is 25.4 Å². The van der Waals surface area contributed by atoms with E-state index in [-0.39, 0.29) is 6.23 Å². The SMILES string of the molecule is C#C.CC.CCOP(CO[C@]1(C)CC[C@H](n2cnc3c(N)ncnc32)O1)OCC. The summed E-state index contributed by atoms with van der Waals surface area (Å²) in [6, 6.07) is 0. The van der Waals surface area contributed by atoms with Crippen LogP contribution in [0.4, 0.5) is 5.82 Å². The lowest BCUT2D eigenvalue weighted by Gasteiger charge is -2.27. The van der Waals surface area contributed by atoms with Gasteiger partial charge in [0, 0.05) is 6.42 Å². The van der Waals surface area contributed by atoms with Gasteiger partial charge in [0.05, 0.1) is 19.5 Å². The van der Waals surface area contributed by atoms with Crippen LogP contribution in [0.15, 0.2) is 12.7 Å². The Morgan fingerprint density at radius 2 is 1.90 bits per heavy atom. The van der Waals surface area contributed by atoms with Crippen molar-refractivity contribution in [3.05, 3.63) is 12.7 Å². The molecule has 0 spiro atoms. The quantitative estimate of drug-likeness (QED) is 0.498. The fourth-order valence-corrected chi connectivity index (χ4v) is 3.94. The Bertz CT molecular complexity index is 751. The molecular weight excluding hydrogens is 393 g/mol. The zero-order valence-electron chi connectivity index (χ0n) is 17.9.